The van der Waals surface area contributed by atoms with Gasteiger partial charge in [-0.05, 0) is 55.6 Å². The summed E-state index contributed by atoms with van der Waals surface area (Å²) in [4.78, 5) is 29.0. The van der Waals surface area contributed by atoms with Crippen LogP contribution in [-0.4, -0.2) is 81.2 Å². The number of hydrogen-bond donors (Lipinski definition) is 1. The summed E-state index contributed by atoms with van der Waals surface area (Å²) in [5.74, 6) is -0.530. The third kappa shape index (κ3) is 5.82. The Hall–Kier alpha value is -2.46. The second kappa shape index (κ2) is 9.78. The third-order valence-electron chi connectivity index (χ3n) is 5.09. The van der Waals surface area contributed by atoms with E-state index in [9.17, 15) is 18.0 Å². The minimum Gasteiger partial charge on any atom is -0.336 e. The summed E-state index contributed by atoms with van der Waals surface area (Å²) < 4.78 is 26.1. The molecule has 0 atom stereocenters. The molecule has 31 heavy (non-hydrogen) atoms. The lowest BCUT2D eigenvalue weighted by atomic mass is 10.1. The van der Waals surface area contributed by atoms with E-state index in [2.05, 4.69) is 10.2 Å². The van der Waals surface area contributed by atoms with Crippen LogP contribution in [0.15, 0.2) is 53.4 Å². The van der Waals surface area contributed by atoms with E-state index >= 15 is 0 Å². The number of sulfonamides is 1. The predicted molar refractivity (Wildman–Crippen MR) is 120 cm³/mol. The number of benzene rings is 2. The first-order valence-corrected chi connectivity index (χ1v) is 11.6. The third-order valence-corrected chi connectivity index (χ3v) is 7.16. The average Bonchev–Trinajstić information content (AvgIpc) is 2.74. The molecule has 1 aliphatic heterocycles. The van der Waals surface area contributed by atoms with Gasteiger partial charge in [-0.25, -0.2) is 8.42 Å². The van der Waals surface area contributed by atoms with Crippen molar-refractivity contribution in [1.82, 2.24) is 14.1 Å². The molecule has 1 saturated heterocycles. The number of likely N-dealkylation sites (N-methyl/N-ethyl adjacent to an activating group) is 2. The van der Waals surface area contributed by atoms with Gasteiger partial charge in [-0.3, -0.25) is 9.59 Å². The van der Waals surface area contributed by atoms with Crippen LogP contribution in [0, 0.1) is 0 Å². The lowest BCUT2D eigenvalue weighted by Gasteiger charge is -2.32. The summed E-state index contributed by atoms with van der Waals surface area (Å²) in [6.45, 7) is 2.69. The molecule has 2 amide bonds. The molecule has 2 aromatic carbocycles. The predicted octanol–water partition coefficient (Wildman–Crippen LogP) is 1.99. The Labute approximate surface area is 187 Å². The van der Waals surface area contributed by atoms with Gasteiger partial charge in [0, 0.05) is 49.5 Å². The van der Waals surface area contributed by atoms with Crippen molar-refractivity contribution in [2.24, 2.45) is 0 Å². The van der Waals surface area contributed by atoms with Crippen molar-refractivity contribution < 1.29 is 18.0 Å². The lowest BCUT2D eigenvalue weighted by molar-refractivity contribution is -0.116. The Morgan fingerprint density at radius 1 is 1.00 bits per heavy atom. The van der Waals surface area contributed by atoms with Gasteiger partial charge in [0.05, 0.1) is 11.4 Å². The first-order valence-electron chi connectivity index (χ1n) is 9.76. The normalized spacial score (nSPS) is 15.2. The van der Waals surface area contributed by atoms with E-state index in [1.54, 1.807) is 24.3 Å². The molecule has 166 valence electrons. The van der Waals surface area contributed by atoms with E-state index < -0.39 is 15.9 Å². The zero-order valence-corrected chi connectivity index (χ0v) is 19.0. The van der Waals surface area contributed by atoms with Crippen LogP contribution in [0.4, 0.5) is 5.69 Å². The number of nitrogens with one attached hydrogen (secondary N) is 1. The van der Waals surface area contributed by atoms with Crippen molar-refractivity contribution in [3.63, 3.8) is 0 Å². The van der Waals surface area contributed by atoms with Gasteiger partial charge < -0.3 is 15.1 Å². The number of piperazine rings is 1. The van der Waals surface area contributed by atoms with Crippen molar-refractivity contribution in [2.45, 2.75) is 4.90 Å². The fourth-order valence-electron chi connectivity index (χ4n) is 3.16. The summed E-state index contributed by atoms with van der Waals surface area (Å²) in [7, 11) is -0.457. The van der Waals surface area contributed by atoms with Crippen molar-refractivity contribution in [3.05, 3.63) is 59.1 Å². The summed E-state index contributed by atoms with van der Waals surface area (Å²) in [5.41, 5.74) is 1.03. The van der Waals surface area contributed by atoms with Crippen molar-refractivity contribution in [3.8, 4) is 0 Å². The van der Waals surface area contributed by atoms with E-state index in [0.29, 0.717) is 29.4 Å². The number of rotatable bonds is 6. The highest BCUT2D eigenvalue weighted by Gasteiger charge is 2.23. The van der Waals surface area contributed by atoms with Gasteiger partial charge in [0.1, 0.15) is 0 Å². The highest BCUT2D eigenvalue weighted by molar-refractivity contribution is 7.89. The smallest absolute Gasteiger partial charge is 0.253 e. The SMILES string of the molecule is CN1CCN(C(=O)c2ccc(NC(=O)CN(C)S(=O)(=O)c3ccc(Cl)cc3)cc2)CC1. The molecule has 2 aromatic rings. The topological polar surface area (TPSA) is 90.0 Å². The number of anilines is 1. The molecular formula is C21H25ClN4O4S. The van der Waals surface area contributed by atoms with Crippen LogP contribution in [0.3, 0.4) is 0 Å². The molecule has 3 rings (SSSR count). The summed E-state index contributed by atoms with van der Waals surface area (Å²) in [5, 5.41) is 3.08. The van der Waals surface area contributed by atoms with Gasteiger partial charge in [0.15, 0.2) is 0 Å². The maximum atomic E-state index is 12.6. The molecule has 1 fully saturated rings. The quantitative estimate of drug-likeness (QED) is 0.706. The Morgan fingerprint density at radius 2 is 1.58 bits per heavy atom. The Bertz CT molecular complexity index is 1030. The Kier molecular flexibility index (Phi) is 7.32. The Morgan fingerprint density at radius 3 is 2.16 bits per heavy atom. The maximum Gasteiger partial charge on any atom is 0.253 e. The van der Waals surface area contributed by atoms with Gasteiger partial charge in [0.2, 0.25) is 15.9 Å². The molecule has 0 aromatic heterocycles. The number of carbonyl (C=O) groups is 2. The first kappa shape index (κ1) is 23.2. The zero-order valence-electron chi connectivity index (χ0n) is 17.4. The average molecular weight is 465 g/mol. The molecule has 0 saturated carbocycles. The largest absolute Gasteiger partial charge is 0.336 e. The van der Waals surface area contributed by atoms with Crippen LogP contribution in [0.1, 0.15) is 10.4 Å². The van der Waals surface area contributed by atoms with Gasteiger partial charge >= 0.3 is 0 Å². The second-order valence-corrected chi connectivity index (χ2v) is 9.92. The first-order chi connectivity index (χ1) is 14.7. The monoisotopic (exact) mass is 464 g/mol. The van der Waals surface area contributed by atoms with E-state index in [0.717, 1.165) is 17.4 Å². The molecule has 1 heterocycles. The maximum absolute atomic E-state index is 12.6. The van der Waals surface area contributed by atoms with Crippen LogP contribution in [0.25, 0.3) is 0 Å². The minimum absolute atomic E-state index is 0.0419. The number of nitrogens with zero attached hydrogens (tertiary/aromatic N) is 3. The van der Waals surface area contributed by atoms with E-state index in [1.165, 1.54) is 31.3 Å². The Balaban J connectivity index is 1.58. The second-order valence-electron chi connectivity index (χ2n) is 7.44. The summed E-state index contributed by atoms with van der Waals surface area (Å²) in [6, 6.07) is 12.3. The summed E-state index contributed by atoms with van der Waals surface area (Å²) >= 11 is 5.80. The fourth-order valence-corrected chi connectivity index (χ4v) is 4.42. The fraction of sp³-hybridized carbons (Fsp3) is 0.333. The molecule has 1 aliphatic rings. The van der Waals surface area contributed by atoms with Gasteiger partial charge in [-0.1, -0.05) is 11.6 Å². The van der Waals surface area contributed by atoms with Crippen molar-refractivity contribution in [1.29, 1.82) is 0 Å². The molecule has 10 heteroatoms. The number of halogens is 1. The highest BCUT2D eigenvalue weighted by atomic mass is 35.5. The number of carbonyl (C=O) groups excluding carboxylic acids is 2. The molecule has 0 spiro atoms. The van der Waals surface area contributed by atoms with E-state index in [1.807, 2.05) is 11.9 Å². The van der Waals surface area contributed by atoms with Crippen LogP contribution < -0.4 is 5.32 Å². The molecule has 1 N–H and O–H groups in total. The minimum atomic E-state index is -3.82. The van der Waals surface area contributed by atoms with Gasteiger partial charge in [0.25, 0.3) is 5.91 Å². The molecule has 0 aliphatic carbocycles. The molecule has 8 nitrogen and oxygen atoms in total. The van der Waals surface area contributed by atoms with Crippen molar-refractivity contribution in [2.75, 3.05) is 52.1 Å². The van der Waals surface area contributed by atoms with Gasteiger partial charge in [-0.15, -0.1) is 0 Å². The van der Waals surface area contributed by atoms with Crippen LogP contribution >= 0.6 is 11.6 Å². The molecule has 0 bridgehead atoms. The van der Waals surface area contributed by atoms with Gasteiger partial charge in [-0.2, -0.15) is 4.31 Å². The van der Waals surface area contributed by atoms with Crippen LogP contribution in [0.5, 0.6) is 0 Å². The molecule has 0 unspecified atom stereocenters. The summed E-state index contributed by atoms with van der Waals surface area (Å²) in [6.07, 6.45) is 0. The highest BCUT2D eigenvalue weighted by Crippen LogP contribution is 2.18. The van der Waals surface area contributed by atoms with E-state index in [-0.39, 0.29) is 17.3 Å². The van der Waals surface area contributed by atoms with Crippen LogP contribution in [0.2, 0.25) is 5.02 Å². The van der Waals surface area contributed by atoms with Crippen LogP contribution in [-0.2, 0) is 14.8 Å². The number of hydrogen-bond acceptors (Lipinski definition) is 5. The standard InChI is InChI=1S/C21H25ClN4O4S/c1-24-11-13-26(14-12-24)21(28)16-3-7-18(8-4-16)23-20(27)15-25(2)31(29,30)19-9-5-17(22)6-10-19/h3-10H,11-15H2,1-2H3,(H,23,27). The van der Waals surface area contributed by atoms with Crippen molar-refractivity contribution >= 4 is 39.1 Å². The van der Waals surface area contributed by atoms with E-state index in [4.69, 9.17) is 11.6 Å². The molecule has 0 radical (unpaired) electrons. The molecular weight excluding hydrogens is 440 g/mol. The number of amides is 2. The lowest BCUT2D eigenvalue weighted by Crippen LogP contribution is -2.47. The zero-order chi connectivity index (χ0) is 22.6.